The predicted octanol–water partition coefficient (Wildman–Crippen LogP) is 4.07. The second kappa shape index (κ2) is 10.6. The fraction of sp³-hybridized carbons (Fsp3) is 0.231. The number of benzene rings is 3. The van der Waals surface area contributed by atoms with Crippen molar-refractivity contribution < 1.29 is 23.7 Å². The van der Waals surface area contributed by atoms with Crippen molar-refractivity contribution in [2.45, 2.75) is 13.1 Å². The molecule has 4 aromatic rings. The van der Waals surface area contributed by atoms with Gasteiger partial charge in [0.05, 0.1) is 45.5 Å². The highest BCUT2D eigenvalue weighted by Gasteiger charge is 2.15. The van der Waals surface area contributed by atoms with Gasteiger partial charge in [-0.05, 0) is 42.5 Å². The summed E-state index contributed by atoms with van der Waals surface area (Å²) in [5.41, 5.74) is 2.30. The smallest absolute Gasteiger partial charge is 0.251 e. The summed E-state index contributed by atoms with van der Waals surface area (Å²) in [7, 11) is 4.71. The second-order valence-corrected chi connectivity index (χ2v) is 7.42. The Morgan fingerprint density at radius 3 is 2.29 bits per heavy atom. The molecular weight excluding hydrogens is 434 g/mol. The van der Waals surface area contributed by atoms with Crippen LogP contribution in [0.1, 0.15) is 16.2 Å². The second-order valence-electron chi connectivity index (χ2n) is 7.42. The molecule has 1 heterocycles. The van der Waals surface area contributed by atoms with E-state index in [0.29, 0.717) is 41.7 Å². The number of carbonyl (C=O) groups is 1. The van der Waals surface area contributed by atoms with Crippen molar-refractivity contribution in [3.8, 4) is 23.0 Å². The first-order valence-corrected chi connectivity index (χ1v) is 10.8. The van der Waals surface area contributed by atoms with E-state index in [9.17, 15) is 4.79 Å². The quantitative estimate of drug-likeness (QED) is 0.383. The Morgan fingerprint density at radius 2 is 1.53 bits per heavy atom. The molecule has 0 radical (unpaired) electrons. The molecule has 176 valence electrons. The molecule has 1 aromatic heterocycles. The highest BCUT2D eigenvalue weighted by atomic mass is 16.5. The van der Waals surface area contributed by atoms with Crippen molar-refractivity contribution >= 4 is 16.9 Å². The topological polar surface area (TPSA) is 83.8 Å². The van der Waals surface area contributed by atoms with Gasteiger partial charge in [-0.15, -0.1) is 0 Å². The van der Waals surface area contributed by atoms with Gasteiger partial charge in [0.2, 0.25) is 0 Å². The lowest BCUT2D eigenvalue weighted by Gasteiger charge is -2.13. The Labute approximate surface area is 198 Å². The Bertz CT molecular complexity index is 1280. The Balaban J connectivity index is 1.49. The Kier molecular flexibility index (Phi) is 7.17. The highest BCUT2D eigenvalue weighted by molar-refractivity contribution is 5.94. The summed E-state index contributed by atoms with van der Waals surface area (Å²) in [5, 5.41) is 2.95. The predicted molar refractivity (Wildman–Crippen MR) is 129 cm³/mol. The number of carbonyl (C=O) groups excluding carboxylic acids is 1. The van der Waals surface area contributed by atoms with E-state index in [-0.39, 0.29) is 12.5 Å². The molecule has 0 aliphatic rings. The fourth-order valence-electron chi connectivity index (χ4n) is 3.73. The monoisotopic (exact) mass is 461 g/mol. The normalized spacial score (nSPS) is 10.7. The van der Waals surface area contributed by atoms with Crippen LogP contribution >= 0.6 is 0 Å². The number of nitrogens with zero attached hydrogens (tertiary/aromatic N) is 2. The Morgan fingerprint density at radius 1 is 0.853 bits per heavy atom. The molecule has 3 aromatic carbocycles. The number of para-hydroxylation sites is 4. The minimum atomic E-state index is -0.232. The average Bonchev–Trinajstić information content (AvgIpc) is 3.24. The standard InChI is InChI=1S/C26H27N3O5/c1-31-21-10-6-7-11-23(21)34-15-14-29-20-9-5-4-8-19(20)28-25(29)17-27-26(30)18-12-13-22(32-2)24(16-18)33-3/h4-13,16H,14-15,17H2,1-3H3,(H,27,30). The van der Waals surface area contributed by atoms with E-state index in [4.69, 9.17) is 23.9 Å². The number of fused-ring (bicyclic) bond motifs is 1. The number of hydrogen-bond donors (Lipinski definition) is 1. The number of hydrogen-bond acceptors (Lipinski definition) is 6. The van der Waals surface area contributed by atoms with Crippen LogP contribution < -0.4 is 24.3 Å². The van der Waals surface area contributed by atoms with Crippen molar-refractivity contribution in [3.63, 3.8) is 0 Å². The summed E-state index contributed by atoms with van der Waals surface area (Å²) in [6, 6.07) is 20.4. The molecule has 0 spiro atoms. The first-order valence-electron chi connectivity index (χ1n) is 10.8. The molecule has 1 amide bonds. The van der Waals surface area contributed by atoms with Gasteiger partial charge >= 0.3 is 0 Å². The molecule has 1 N–H and O–H groups in total. The molecule has 34 heavy (non-hydrogen) atoms. The van der Waals surface area contributed by atoms with E-state index < -0.39 is 0 Å². The number of rotatable bonds is 10. The Hall–Kier alpha value is -4.20. The molecule has 0 bridgehead atoms. The molecule has 4 rings (SSSR count). The molecular formula is C26H27N3O5. The van der Waals surface area contributed by atoms with Gasteiger partial charge in [0, 0.05) is 5.56 Å². The maximum absolute atomic E-state index is 12.8. The third kappa shape index (κ3) is 4.91. The van der Waals surface area contributed by atoms with Gasteiger partial charge in [-0.2, -0.15) is 0 Å². The summed E-state index contributed by atoms with van der Waals surface area (Å²) >= 11 is 0. The zero-order valence-electron chi connectivity index (χ0n) is 19.4. The van der Waals surface area contributed by atoms with Crippen LogP contribution in [0.5, 0.6) is 23.0 Å². The third-order valence-corrected chi connectivity index (χ3v) is 5.43. The summed E-state index contributed by atoms with van der Waals surface area (Å²) in [6.07, 6.45) is 0. The van der Waals surface area contributed by atoms with Crippen LogP contribution in [0.2, 0.25) is 0 Å². The van der Waals surface area contributed by atoms with Crippen LogP contribution in [0, 0.1) is 0 Å². The van der Waals surface area contributed by atoms with Gasteiger partial charge in [0.25, 0.3) is 5.91 Å². The average molecular weight is 462 g/mol. The first kappa shape index (κ1) is 23.0. The molecule has 0 saturated heterocycles. The number of imidazole rings is 1. The molecule has 8 heteroatoms. The van der Waals surface area contributed by atoms with E-state index in [1.165, 1.54) is 7.11 Å². The van der Waals surface area contributed by atoms with E-state index in [1.54, 1.807) is 32.4 Å². The SMILES string of the molecule is COc1ccc(C(=O)NCc2nc3ccccc3n2CCOc2ccccc2OC)cc1OC. The molecule has 0 fully saturated rings. The van der Waals surface area contributed by atoms with Gasteiger partial charge in [0.15, 0.2) is 23.0 Å². The third-order valence-electron chi connectivity index (χ3n) is 5.43. The number of ether oxygens (including phenoxy) is 4. The lowest BCUT2D eigenvalue weighted by molar-refractivity contribution is 0.0949. The summed E-state index contributed by atoms with van der Waals surface area (Å²) in [4.78, 5) is 17.5. The maximum atomic E-state index is 12.8. The van der Waals surface area contributed by atoms with Crippen LogP contribution in [0.4, 0.5) is 0 Å². The van der Waals surface area contributed by atoms with Gasteiger partial charge < -0.3 is 28.8 Å². The molecule has 8 nitrogen and oxygen atoms in total. The number of nitrogens with one attached hydrogen (secondary N) is 1. The van der Waals surface area contributed by atoms with Gasteiger partial charge in [-0.1, -0.05) is 24.3 Å². The molecule has 0 aliphatic heterocycles. The summed E-state index contributed by atoms with van der Waals surface area (Å²) in [5.74, 6) is 2.92. The van der Waals surface area contributed by atoms with Crippen LogP contribution in [-0.4, -0.2) is 43.4 Å². The zero-order chi connectivity index (χ0) is 23.9. The zero-order valence-corrected chi connectivity index (χ0v) is 19.4. The van der Waals surface area contributed by atoms with Crippen LogP contribution in [-0.2, 0) is 13.1 Å². The van der Waals surface area contributed by atoms with Crippen molar-refractivity contribution in [3.05, 3.63) is 78.1 Å². The summed E-state index contributed by atoms with van der Waals surface area (Å²) < 4.78 is 23.9. The minimum absolute atomic E-state index is 0.232. The number of aromatic nitrogens is 2. The van der Waals surface area contributed by atoms with Crippen molar-refractivity contribution in [2.24, 2.45) is 0 Å². The van der Waals surface area contributed by atoms with Crippen molar-refractivity contribution in [1.29, 1.82) is 0 Å². The highest BCUT2D eigenvalue weighted by Crippen LogP contribution is 2.28. The van der Waals surface area contributed by atoms with Crippen molar-refractivity contribution in [1.82, 2.24) is 14.9 Å². The largest absolute Gasteiger partial charge is 0.493 e. The lowest BCUT2D eigenvalue weighted by atomic mass is 10.2. The van der Waals surface area contributed by atoms with Gasteiger partial charge in [-0.25, -0.2) is 4.98 Å². The lowest BCUT2D eigenvalue weighted by Crippen LogP contribution is -2.25. The first-order chi connectivity index (χ1) is 16.6. The van der Waals surface area contributed by atoms with Crippen LogP contribution in [0.15, 0.2) is 66.7 Å². The fourth-order valence-corrected chi connectivity index (χ4v) is 3.73. The number of amides is 1. The van der Waals surface area contributed by atoms with E-state index >= 15 is 0 Å². The van der Waals surface area contributed by atoms with Crippen molar-refractivity contribution in [2.75, 3.05) is 27.9 Å². The molecule has 0 atom stereocenters. The summed E-state index contributed by atoms with van der Waals surface area (Å²) in [6.45, 7) is 1.23. The van der Waals surface area contributed by atoms with Crippen LogP contribution in [0.25, 0.3) is 11.0 Å². The minimum Gasteiger partial charge on any atom is -0.493 e. The molecule has 0 saturated carbocycles. The van der Waals surface area contributed by atoms with E-state index in [1.807, 2.05) is 48.5 Å². The maximum Gasteiger partial charge on any atom is 0.251 e. The van der Waals surface area contributed by atoms with Gasteiger partial charge in [-0.3, -0.25) is 4.79 Å². The number of methoxy groups -OCH3 is 3. The van der Waals surface area contributed by atoms with E-state index in [0.717, 1.165) is 16.9 Å². The van der Waals surface area contributed by atoms with Gasteiger partial charge in [0.1, 0.15) is 12.4 Å². The molecule has 0 unspecified atom stereocenters. The van der Waals surface area contributed by atoms with Crippen LogP contribution in [0.3, 0.4) is 0 Å². The van der Waals surface area contributed by atoms with E-state index in [2.05, 4.69) is 9.88 Å². The molecule has 0 aliphatic carbocycles.